The van der Waals surface area contributed by atoms with Gasteiger partial charge >= 0.3 is 11.7 Å². The molecule has 0 unspecified atom stereocenters. The first kappa shape index (κ1) is 19.1. The van der Waals surface area contributed by atoms with Crippen molar-refractivity contribution < 1.29 is 34.8 Å². The summed E-state index contributed by atoms with van der Waals surface area (Å²) in [5.41, 5.74) is -6.95. The van der Waals surface area contributed by atoms with E-state index in [0.29, 0.717) is 12.1 Å². The third-order valence-electron chi connectivity index (χ3n) is 2.75. The van der Waals surface area contributed by atoms with Gasteiger partial charge in [-0.2, -0.15) is 26.3 Å². The molecule has 0 atom stereocenters. The highest BCUT2D eigenvalue weighted by atomic mass is 79.9. The van der Waals surface area contributed by atoms with Gasteiger partial charge < -0.3 is 4.98 Å². The average Bonchev–Trinajstić information content (AvgIpc) is 2.79. The summed E-state index contributed by atoms with van der Waals surface area (Å²) < 4.78 is 97.5. The monoisotopic (exact) mass is 456 g/mol. The van der Waals surface area contributed by atoms with Gasteiger partial charge in [-0.3, -0.25) is 0 Å². The SMILES string of the molecule is O=S(=O)(c1ccc(-c2nc(Br)c(C(F)(F)F)[nH]2)c(Cl)c1)C(F)(F)F. The fourth-order valence-corrected chi connectivity index (χ4v) is 3.28. The van der Waals surface area contributed by atoms with Gasteiger partial charge in [0.25, 0.3) is 9.84 Å². The van der Waals surface area contributed by atoms with Crippen LogP contribution in [0.25, 0.3) is 11.4 Å². The normalized spacial score (nSPS) is 13.3. The van der Waals surface area contributed by atoms with Gasteiger partial charge in [-0.05, 0) is 34.1 Å². The number of benzene rings is 1. The van der Waals surface area contributed by atoms with Gasteiger partial charge in [-0.1, -0.05) is 11.6 Å². The quantitative estimate of drug-likeness (QED) is 0.659. The molecule has 0 aliphatic heterocycles. The average molecular weight is 458 g/mol. The van der Waals surface area contributed by atoms with E-state index in [2.05, 4.69) is 20.9 Å². The second kappa shape index (κ2) is 5.92. The molecule has 0 aliphatic carbocycles. The van der Waals surface area contributed by atoms with Crippen LogP contribution in [0.1, 0.15) is 5.69 Å². The number of aromatic nitrogens is 2. The molecule has 0 radical (unpaired) electrons. The standard InChI is InChI=1S/C11H4BrClF6N2O2S/c12-8-7(10(14,15)16)20-9(21-8)5-2-1-4(3-6(5)13)24(22,23)11(17,18)19/h1-3H,(H,20,21). The molecule has 2 rings (SSSR count). The molecule has 1 N–H and O–H groups in total. The minimum atomic E-state index is -5.63. The topological polar surface area (TPSA) is 62.8 Å². The van der Waals surface area contributed by atoms with Crippen LogP contribution in [0.4, 0.5) is 26.3 Å². The highest BCUT2D eigenvalue weighted by Gasteiger charge is 2.47. The maximum atomic E-state index is 12.7. The fourth-order valence-electron chi connectivity index (χ4n) is 1.66. The maximum Gasteiger partial charge on any atom is 0.501 e. The minimum Gasteiger partial charge on any atom is -0.333 e. The van der Waals surface area contributed by atoms with E-state index in [1.807, 2.05) is 4.98 Å². The van der Waals surface area contributed by atoms with Gasteiger partial charge in [0.15, 0.2) is 5.69 Å². The number of hydrogen-bond acceptors (Lipinski definition) is 3. The van der Waals surface area contributed by atoms with Crippen molar-refractivity contribution in [1.82, 2.24) is 9.97 Å². The second-order valence-corrected chi connectivity index (χ2v) is 7.44. The number of hydrogen-bond donors (Lipinski definition) is 1. The number of nitrogens with zero attached hydrogens (tertiary/aromatic N) is 1. The van der Waals surface area contributed by atoms with Crippen LogP contribution in [0, 0.1) is 0 Å². The van der Waals surface area contributed by atoms with Crippen molar-refractivity contribution in [3.8, 4) is 11.4 Å². The van der Waals surface area contributed by atoms with Gasteiger partial charge in [0.1, 0.15) is 10.4 Å². The van der Waals surface area contributed by atoms with Crippen LogP contribution in [0.5, 0.6) is 0 Å². The number of imidazole rings is 1. The van der Waals surface area contributed by atoms with Crippen LogP contribution in [0.3, 0.4) is 0 Å². The van der Waals surface area contributed by atoms with Crippen molar-refractivity contribution in [3.63, 3.8) is 0 Å². The highest BCUT2D eigenvalue weighted by Crippen LogP contribution is 2.38. The van der Waals surface area contributed by atoms with Crippen LogP contribution in [0.2, 0.25) is 5.02 Å². The number of sulfone groups is 1. The molecule has 132 valence electrons. The van der Waals surface area contributed by atoms with Gasteiger partial charge in [-0.15, -0.1) is 0 Å². The van der Waals surface area contributed by atoms with Crippen molar-refractivity contribution in [2.24, 2.45) is 0 Å². The van der Waals surface area contributed by atoms with E-state index >= 15 is 0 Å². The molecule has 1 heterocycles. The first-order valence-corrected chi connectivity index (χ1v) is 8.34. The molecule has 0 fully saturated rings. The van der Waals surface area contributed by atoms with Gasteiger partial charge in [-0.25, -0.2) is 13.4 Å². The summed E-state index contributed by atoms with van der Waals surface area (Å²) in [7, 11) is -5.63. The van der Waals surface area contributed by atoms with Crippen molar-refractivity contribution in [2.45, 2.75) is 16.6 Å². The molecule has 1 aromatic heterocycles. The number of H-pyrrole nitrogens is 1. The molecule has 2 aromatic rings. The van der Waals surface area contributed by atoms with E-state index in [1.165, 1.54) is 0 Å². The lowest BCUT2D eigenvalue weighted by atomic mass is 10.2. The van der Waals surface area contributed by atoms with E-state index in [9.17, 15) is 34.8 Å². The first-order chi connectivity index (χ1) is 10.7. The Labute approximate surface area is 143 Å². The Balaban J connectivity index is 2.53. The lowest BCUT2D eigenvalue weighted by Gasteiger charge is -2.09. The number of halogens is 8. The summed E-state index contributed by atoms with van der Waals surface area (Å²) >= 11 is 8.30. The van der Waals surface area contributed by atoms with Crippen LogP contribution < -0.4 is 0 Å². The lowest BCUT2D eigenvalue weighted by Crippen LogP contribution is -2.23. The van der Waals surface area contributed by atoms with Crippen LogP contribution in [-0.4, -0.2) is 23.9 Å². The molecule has 0 saturated carbocycles. The summed E-state index contributed by atoms with van der Waals surface area (Å²) in [6.45, 7) is 0. The zero-order valence-electron chi connectivity index (χ0n) is 10.9. The van der Waals surface area contributed by atoms with E-state index in [-0.39, 0.29) is 5.56 Å². The minimum absolute atomic E-state index is 0.200. The zero-order valence-corrected chi connectivity index (χ0v) is 14.1. The predicted octanol–water partition coefficient (Wildman–Crippen LogP) is 4.80. The second-order valence-electron chi connectivity index (χ2n) is 4.34. The van der Waals surface area contributed by atoms with Crippen molar-refractivity contribution >= 4 is 37.4 Å². The number of nitrogens with one attached hydrogen (secondary N) is 1. The molecule has 0 spiro atoms. The maximum absolute atomic E-state index is 12.7. The molecule has 1 aromatic carbocycles. The molecule has 13 heteroatoms. The molecule has 0 amide bonds. The predicted molar refractivity (Wildman–Crippen MR) is 75.0 cm³/mol. The van der Waals surface area contributed by atoms with E-state index < -0.39 is 47.6 Å². The van der Waals surface area contributed by atoms with E-state index in [4.69, 9.17) is 11.6 Å². The molecule has 0 bridgehead atoms. The third-order valence-corrected chi connectivity index (χ3v) is 5.12. The molecule has 4 nitrogen and oxygen atoms in total. The number of rotatable bonds is 2. The molecular weight excluding hydrogens is 454 g/mol. The number of alkyl halides is 6. The Bertz CT molecular complexity index is 891. The Morgan fingerprint density at radius 1 is 1.12 bits per heavy atom. The summed E-state index contributed by atoms with van der Waals surface area (Å²) in [5, 5.41) is -0.518. The Morgan fingerprint density at radius 2 is 1.71 bits per heavy atom. The molecule has 24 heavy (non-hydrogen) atoms. The third kappa shape index (κ3) is 3.40. The van der Waals surface area contributed by atoms with E-state index in [0.717, 1.165) is 6.07 Å². The fraction of sp³-hybridized carbons (Fsp3) is 0.182. The van der Waals surface area contributed by atoms with E-state index in [1.54, 1.807) is 0 Å². The summed E-state index contributed by atoms with van der Waals surface area (Å²) in [4.78, 5) is 4.33. The van der Waals surface area contributed by atoms with Crippen molar-refractivity contribution in [1.29, 1.82) is 0 Å². The summed E-state index contributed by atoms with van der Waals surface area (Å²) in [6.07, 6.45) is -4.75. The Hall–Kier alpha value is -1.27. The summed E-state index contributed by atoms with van der Waals surface area (Å²) in [6, 6.07) is 1.89. The molecule has 0 saturated heterocycles. The van der Waals surface area contributed by atoms with Crippen molar-refractivity contribution in [2.75, 3.05) is 0 Å². The smallest absolute Gasteiger partial charge is 0.333 e. The highest BCUT2D eigenvalue weighted by molar-refractivity contribution is 9.10. The Morgan fingerprint density at radius 3 is 2.12 bits per heavy atom. The van der Waals surface area contributed by atoms with Gasteiger partial charge in [0, 0.05) is 5.56 Å². The van der Waals surface area contributed by atoms with Gasteiger partial charge in [0.2, 0.25) is 0 Å². The van der Waals surface area contributed by atoms with Crippen LogP contribution >= 0.6 is 27.5 Å². The first-order valence-electron chi connectivity index (χ1n) is 5.69. The van der Waals surface area contributed by atoms with Gasteiger partial charge in [0.05, 0.1) is 9.92 Å². The zero-order chi connectivity index (χ0) is 18.5. The lowest BCUT2D eigenvalue weighted by molar-refractivity contribution is -0.141. The Kier molecular flexibility index (Phi) is 4.70. The largest absolute Gasteiger partial charge is 0.501 e. The number of aromatic amines is 1. The van der Waals surface area contributed by atoms with Crippen molar-refractivity contribution in [3.05, 3.63) is 33.5 Å². The van der Waals surface area contributed by atoms with Crippen LogP contribution in [0.15, 0.2) is 27.7 Å². The molecule has 0 aliphatic rings. The van der Waals surface area contributed by atoms with Crippen LogP contribution in [-0.2, 0) is 16.0 Å². The molecular formula is C11H4BrClF6N2O2S. The summed E-state index contributed by atoms with van der Waals surface area (Å²) in [5.74, 6) is -0.393.